The molecule has 1 amide bonds. The number of rotatable bonds is 5. The van der Waals surface area contributed by atoms with Crippen molar-refractivity contribution in [1.29, 1.82) is 5.26 Å². The predicted molar refractivity (Wildman–Crippen MR) is 90.6 cm³/mol. The number of halogens is 1. The Kier molecular flexibility index (Phi) is 5.77. The van der Waals surface area contributed by atoms with Gasteiger partial charge in [-0.05, 0) is 30.3 Å². The highest BCUT2D eigenvalue weighted by Crippen LogP contribution is 2.19. The normalized spacial score (nSPS) is 9.83. The summed E-state index contributed by atoms with van der Waals surface area (Å²) in [5.41, 5.74) is 6.54. The van der Waals surface area contributed by atoms with Gasteiger partial charge in [-0.25, -0.2) is 4.79 Å². The smallest absolute Gasteiger partial charge is 0.340 e. The van der Waals surface area contributed by atoms with E-state index in [2.05, 4.69) is 0 Å². The van der Waals surface area contributed by atoms with Gasteiger partial charge in [0.15, 0.2) is 6.61 Å². The Morgan fingerprint density at radius 3 is 2.54 bits per heavy atom. The molecular weight excluding hydrogens is 330 g/mol. The highest BCUT2D eigenvalue weighted by atomic mass is 35.5. The molecule has 0 aliphatic heterocycles. The number of para-hydroxylation sites is 1. The van der Waals surface area contributed by atoms with Crippen LogP contribution < -0.4 is 10.6 Å². The minimum Gasteiger partial charge on any atom is -0.452 e. The summed E-state index contributed by atoms with van der Waals surface area (Å²) in [6.45, 7) is -0.652. The number of nitrogens with two attached hydrogens (primary N) is 1. The molecule has 0 bridgehead atoms. The lowest BCUT2D eigenvalue weighted by atomic mass is 10.2. The molecule has 0 aromatic heterocycles. The summed E-state index contributed by atoms with van der Waals surface area (Å²) in [6.07, 6.45) is 0. The van der Waals surface area contributed by atoms with E-state index in [1.807, 2.05) is 6.07 Å². The second kappa shape index (κ2) is 7.99. The van der Waals surface area contributed by atoms with Crippen LogP contribution in [0.2, 0.25) is 5.02 Å². The number of hydrogen-bond acceptors (Lipinski definition) is 5. The van der Waals surface area contributed by atoms with Gasteiger partial charge in [-0.15, -0.1) is 0 Å². The number of ether oxygens (including phenoxy) is 1. The van der Waals surface area contributed by atoms with E-state index in [1.54, 1.807) is 30.3 Å². The number of benzene rings is 2. The number of nitrogen functional groups attached to an aromatic ring is 1. The van der Waals surface area contributed by atoms with Crippen molar-refractivity contribution in [3.63, 3.8) is 0 Å². The van der Waals surface area contributed by atoms with Crippen LogP contribution in [-0.4, -0.2) is 25.0 Å². The summed E-state index contributed by atoms with van der Waals surface area (Å²) in [6, 6.07) is 14.9. The van der Waals surface area contributed by atoms with Crippen LogP contribution in [0.15, 0.2) is 48.5 Å². The van der Waals surface area contributed by atoms with Gasteiger partial charge in [0.1, 0.15) is 6.54 Å². The number of carbonyl (C=O) groups is 2. The van der Waals surface area contributed by atoms with Gasteiger partial charge < -0.3 is 10.5 Å². The molecule has 7 heteroatoms. The third kappa shape index (κ3) is 4.24. The zero-order valence-corrected chi connectivity index (χ0v) is 13.4. The van der Waals surface area contributed by atoms with Crippen LogP contribution in [0.25, 0.3) is 0 Å². The van der Waals surface area contributed by atoms with Crippen LogP contribution in [0.4, 0.5) is 11.4 Å². The van der Waals surface area contributed by atoms with Gasteiger partial charge in [0, 0.05) is 16.4 Å². The maximum atomic E-state index is 12.3. The number of esters is 1. The Labute approximate surface area is 144 Å². The van der Waals surface area contributed by atoms with Crippen molar-refractivity contribution in [1.82, 2.24) is 0 Å². The standard InChI is InChI=1S/C17H14ClN3O3/c18-12-6-7-14(15(20)10-12)17(23)24-11-16(22)21(9-8-19)13-4-2-1-3-5-13/h1-7,10H,9,11,20H2. The van der Waals surface area contributed by atoms with E-state index >= 15 is 0 Å². The maximum Gasteiger partial charge on any atom is 0.340 e. The third-order valence-electron chi connectivity index (χ3n) is 3.16. The van der Waals surface area contributed by atoms with Gasteiger partial charge in [-0.2, -0.15) is 5.26 Å². The number of hydrogen-bond donors (Lipinski definition) is 1. The first-order valence-corrected chi connectivity index (χ1v) is 7.35. The summed E-state index contributed by atoms with van der Waals surface area (Å²) in [5, 5.41) is 9.28. The lowest BCUT2D eigenvalue weighted by molar-refractivity contribution is -0.121. The Morgan fingerprint density at radius 1 is 1.21 bits per heavy atom. The molecule has 122 valence electrons. The van der Waals surface area contributed by atoms with Crippen molar-refractivity contribution < 1.29 is 14.3 Å². The third-order valence-corrected chi connectivity index (χ3v) is 3.39. The molecule has 0 fully saturated rings. The molecule has 0 saturated carbocycles. The number of anilines is 2. The lowest BCUT2D eigenvalue weighted by Gasteiger charge is -2.19. The zero-order valence-electron chi connectivity index (χ0n) is 12.6. The van der Waals surface area contributed by atoms with E-state index in [0.717, 1.165) is 0 Å². The summed E-state index contributed by atoms with van der Waals surface area (Å²) in [4.78, 5) is 25.5. The quantitative estimate of drug-likeness (QED) is 0.511. The Hall–Kier alpha value is -3.04. The molecule has 2 N–H and O–H groups in total. The van der Waals surface area contributed by atoms with E-state index in [1.165, 1.54) is 23.1 Å². The molecule has 0 spiro atoms. The van der Waals surface area contributed by atoms with Crippen LogP contribution in [-0.2, 0) is 9.53 Å². The van der Waals surface area contributed by atoms with Gasteiger partial charge >= 0.3 is 5.97 Å². The van der Waals surface area contributed by atoms with Crippen molar-refractivity contribution >= 4 is 34.9 Å². The molecule has 2 aromatic rings. The second-order valence-corrected chi connectivity index (χ2v) is 5.22. The molecule has 0 aliphatic rings. The second-order valence-electron chi connectivity index (χ2n) is 4.78. The summed E-state index contributed by atoms with van der Waals surface area (Å²) in [5.74, 6) is -1.24. The van der Waals surface area contributed by atoms with Gasteiger partial charge in [-0.3, -0.25) is 9.69 Å². The minimum absolute atomic E-state index is 0.124. The van der Waals surface area contributed by atoms with Gasteiger partial charge in [0.25, 0.3) is 5.91 Å². The molecule has 0 atom stereocenters. The highest BCUT2D eigenvalue weighted by Gasteiger charge is 2.19. The van der Waals surface area contributed by atoms with E-state index < -0.39 is 18.5 Å². The predicted octanol–water partition coefficient (Wildman–Crippen LogP) is 2.64. The van der Waals surface area contributed by atoms with E-state index in [0.29, 0.717) is 10.7 Å². The monoisotopic (exact) mass is 343 g/mol. The van der Waals surface area contributed by atoms with Gasteiger partial charge in [0.2, 0.25) is 0 Å². The minimum atomic E-state index is -0.734. The molecule has 2 aromatic carbocycles. The fourth-order valence-electron chi connectivity index (χ4n) is 2.00. The summed E-state index contributed by atoms with van der Waals surface area (Å²) >= 11 is 5.77. The fourth-order valence-corrected chi connectivity index (χ4v) is 2.19. The van der Waals surface area contributed by atoms with Crippen LogP contribution in [0.3, 0.4) is 0 Å². The molecular formula is C17H14ClN3O3. The molecule has 6 nitrogen and oxygen atoms in total. The first-order valence-electron chi connectivity index (χ1n) is 6.97. The Bertz CT molecular complexity index is 787. The summed E-state index contributed by atoms with van der Waals surface area (Å²) < 4.78 is 5.00. The molecule has 24 heavy (non-hydrogen) atoms. The van der Waals surface area contributed by atoms with Crippen molar-refractivity contribution in [2.45, 2.75) is 0 Å². The topological polar surface area (TPSA) is 96.4 Å². The Balaban J connectivity index is 2.05. The molecule has 0 saturated heterocycles. The average molecular weight is 344 g/mol. The van der Waals surface area contributed by atoms with Crippen molar-refractivity contribution in [3.8, 4) is 6.07 Å². The maximum absolute atomic E-state index is 12.3. The summed E-state index contributed by atoms with van der Waals surface area (Å²) in [7, 11) is 0. The van der Waals surface area contributed by atoms with Gasteiger partial charge in [0.05, 0.1) is 11.6 Å². The number of nitrogens with zero attached hydrogens (tertiary/aromatic N) is 2. The first-order chi connectivity index (χ1) is 11.5. The fraction of sp³-hybridized carbons (Fsp3) is 0.118. The zero-order chi connectivity index (χ0) is 17.5. The van der Waals surface area contributed by atoms with Crippen molar-refractivity contribution in [2.24, 2.45) is 0 Å². The van der Waals surface area contributed by atoms with Gasteiger partial charge in [-0.1, -0.05) is 29.8 Å². The molecule has 0 aliphatic carbocycles. The number of amides is 1. The van der Waals surface area contributed by atoms with Crippen LogP contribution in [0, 0.1) is 11.3 Å². The molecule has 0 radical (unpaired) electrons. The van der Waals surface area contributed by atoms with E-state index in [-0.39, 0.29) is 17.8 Å². The Morgan fingerprint density at radius 2 is 1.92 bits per heavy atom. The SMILES string of the molecule is N#CCN(C(=O)COC(=O)c1ccc(Cl)cc1N)c1ccccc1. The highest BCUT2D eigenvalue weighted by molar-refractivity contribution is 6.31. The van der Waals surface area contributed by atoms with Crippen LogP contribution in [0.5, 0.6) is 0 Å². The first kappa shape index (κ1) is 17.3. The van der Waals surface area contributed by atoms with Crippen molar-refractivity contribution in [3.05, 3.63) is 59.1 Å². The van der Waals surface area contributed by atoms with E-state index in [9.17, 15) is 9.59 Å². The van der Waals surface area contributed by atoms with Crippen LogP contribution in [0.1, 0.15) is 10.4 Å². The van der Waals surface area contributed by atoms with Crippen LogP contribution >= 0.6 is 11.6 Å². The van der Waals surface area contributed by atoms with Crippen molar-refractivity contribution in [2.75, 3.05) is 23.8 Å². The number of carbonyl (C=O) groups excluding carboxylic acids is 2. The van der Waals surface area contributed by atoms with E-state index in [4.69, 9.17) is 27.3 Å². The average Bonchev–Trinajstić information content (AvgIpc) is 2.58. The lowest BCUT2D eigenvalue weighted by Crippen LogP contribution is -2.35. The molecule has 0 heterocycles. The molecule has 2 rings (SSSR count). The largest absolute Gasteiger partial charge is 0.452 e. The molecule has 0 unspecified atom stereocenters. The number of nitriles is 1.